The summed E-state index contributed by atoms with van der Waals surface area (Å²) in [5.74, 6) is -1.02. The highest BCUT2D eigenvalue weighted by molar-refractivity contribution is 9.10. The zero-order valence-electron chi connectivity index (χ0n) is 10.4. The highest BCUT2D eigenvalue weighted by atomic mass is 79.9. The number of hydrogen-bond donors (Lipinski definition) is 3. The minimum absolute atomic E-state index is 0.113. The second-order valence-electron chi connectivity index (χ2n) is 3.98. The summed E-state index contributed by atoms with van der Waals surface area (Å²) >= 11 is 3.29. The van der Waals surface area contributed by atoms with E-state index in [4.69, 9.17) is 10.3 Å². The fourth-order valence-corrected chi connectivity index (χ4v) is 2.24. The first kappa shape index (κ1) is 16.6. The van der Waals surface area contributed by atoms with Crippen LogP contribution in [0.15, 0.2) is 33.9 Å². The van der Waals surface area contributed by atoms with Crippen molar-refractivity contribution in [3.05, 3.63) is 34.3 Å². The highest BCUT2D eigenvalue weighted by Gasteiger charge is 2.14. The molecule has 0 aliphatic carbocycles. The van der Waals surface area contributed by atoms with E-state index in [0.717, 1.165) is 10.0 Å². The number of hydrogen-bond acceptors (Lipinski definition) is 5. The fraction of sp³-hybridized carbons (Fsp3) is 0.273. The summed E-state index contributed by atoms with van der Waals surface area (Å²) < 4.78 is 22.3. The maximum atomic E-state index is 11.7. The van der Waals surface area contributed by atoms with Gasteiger partial charge in [-0.05, 0) is 17.7 Å². The number of carbonyl (C=O) groups is 1. The third kappa shape index (κ3) is 6.13. The van der Waals surface area contributed by atoms with E-state index in [1.807, 2.05) is 6.07 Å². The van der Waals surface area contributed by atoms with Crippen molar-refractivity contribution in [2.24, 2.45) is 10.3 Å². The summed E-state index contributed by atoms with van der Waals surface area (Å²) in [5, 5.41) is 18.9. The molecule has 7 nitrogen and oxygen atoms in total. The summed E-state index contributed by atoms with van der Waals surface area (Å²) in [5.41, 5.74) is 0.659. The normalized spacial score (nSPS) is 12.2. The van der Waals surface area contributed by atoms with Crippen LogP contribution in [0.5, 0.6) is 0 Å². The Balaban J connectivity index is 2.61. The van der Waals surface area contributed by atoms with Crippen LogP contribution in [0, 0.1) is 0 Å². The molecule has 1 amide bonds. The molecule has 0 bridgehead atoms. The molecular formula is C11H14BrN3O4S. The summed E-state index contributed by atoms with van der Waals surface area (Å²) in [6.07, 6.45) is 0.122. The number of rotatable bonds is 6. The van der Waals surface area contributed by atoms with Gasteiger partial charge in [0.1, 0.15) is 5.71 Å². The van der Waals surface area contributed by atoms with Gasteiger partial charge in [-0.3, -0.25) is 4.79 Å². The van der Waals surface area contributed by atoms with Crippen LogP contribution >= 0.6 is 15.9 Å². The Kier molecular flexibility index (Phi) is 6.11. The molecule has 1 aromatic carbocycles. The maximum Gasteiger partial charge on any atom is 0.269 e. The van der Waals surface area contributed by atoms with Crippen molar-refractivity contribution < 1.29 is 18.4 Å². The van der Waals surface area contributed by atoms with E-state index in [2.05, 4.69) is 26.4 Å². The average Bonchev–Trinajstić information content (AvgIpc) is 2.34. The van der Waals surface area contributed by atoms with Gasteiger partial charge in [0.05, 0.1) is 5.75 Å². The quantitative estimate of drug-likeness (QED) is 0.380. The van der Waals surface area contributed by atoms with Crippen molar-refractivity contribution in [1.82, 2.24) is 5.32 Å². The number of benzene rings is 1. The van der Waals surface area contributed by atoms with E-state index in [0.29, 0.717) is 0 Å². The number of carbonyl (C=O) groups excluding carboxylic acids is 1. The largest absolute Gasteiger partial charge is 0.410 e. The lowest BCUT2D eigenvalue weighted by molar-refractivity contribution is -0.114. The summed E-state index contributed by atoms with van der Waals surface area (Å²) in [7, 11) is -3.64. The van der Waals surface area contributed by atoms with Crippen molar-refractivity contribution in [1.29, 1.82) is 0 Å². The van der Waals surface area contributed by atoms with Crippen molar-refractivity contribution in [3.8, 4) is 0 Å². The Hall–Kier alpha value is -1.45. The van der Waals surface area contributed by atoms with Gasteiger partial charge in [0.25, 0.3) is 5.91 Å². The summed E-state index contributed by atoms with van der Waals surface area (Å²) in [6.45, 7) is -0.144. The van der Waals surface area contributed by atoms with E-state index < -0.39 is 15.9 Å². The van der Waals surface area contributed by atoms with Crippen molar-refractivity contribution in [2.45, 2.75) is 6.42 Å². The molecule has 0 saturated heterocycles. The minimum Gasteiger partial charge on any atom is -0.410 e. The molecule has 0 heterocycles. The second kappa shape index (κ2) is 7.36. The Labute approximate surface area is 125 Å². The smallest absolute Gasteiger partial charge is 0.269 e. The molecule has 0 aliphatic heterocycles. The van der Waals surface area contributed by atoms with Gasteiger partial charge >= 0.3 is 0 Å². The van der Waals surface area contributed by atoms with Crippen LogP contribution in [0.2, 0.25) is 0 Å². The molecule has 0 saturated carbocycles. The van der Waals surface area contributed by atoms with Crippen LogP contribution in [0.1, 0.15) is 5.56 Å². The lowest BCUT2D eigenvalue weighted by Gasteiger charge is -2.06. The first-order chi connectivity index (χ1) is 9.31. The zero-order valence-corrected chi connectivity index (χ0v) is 12.8. The Morgan fingerprint density at radius 2 is 2.15 bits per heavy atom. The number of nitrogens with zero attached hydrogens (tertiary/aromatic N) is 1. The molecule has 0 unspecified atom stereocenters. The van der Waals surface area contributed by atoms with Gasteiger partial charge in [-0.25, -0.2) is 13.6 Å². The lowest BCUT2D eigenvalue weighted by Crippen LogP contribution is -2.36. The first-order valence-electron chi connectivity index (χ1n) is 5.56. The van der Waals surface area contributed by atoms with Gasteiger partial charge in [-0.15, -0.1) is 0 Å². The maximum absolute atomic E-state index is 11.7. The van der Waals surface area contributed by atoms with Crippen LogP contribution in [0.4, 0.5) is 0 Å². The highest BCUT2D eigenvalue weighted by Crippen LogP contribution is 2.12. The standard InChI is InChI=1S/C11H14BrN3O4S/c12-9-3-1-2-8(6-9)7-10(15-17)11(16)14-4-5-20(13,18)19/h1-3,6,17H,4-5,7H2,(H,14,16)(H2,13,18,19)/b15-10+. The Bertz CT molecular complexity index is 616. The molecule has 9 heteroatoms. The monoisotopic (exact) mass is 363 g/mol. The van der Waals surface area contributed by atoms with E-state index in [-0.39, 0.29) is 24.4 Å². The predicted octanol–water partition coefficient (Wildman–Crippen LogP) is 0.227. The molecule has 110 valence electrons. The third-order valence-electron chi connectivity index (χ3n) is 2.32. The van der Waals surface area contributed by atoms with E-state index in [1.54, 1.807) is 18.2 Å². The van der Waals surface area contributed by atoms with Crippen molar-refractivity contribution in [3.63, 3.8) is 0 Å². The minimum atomic E-state index is -3.64. The number of amides is 1. The van der Waals surface area contributed by atoms with Gasteiger partial charge in [0.2, 0.25) is 10.0 Å². The van der Waals surface area contributed by atoms with Gasteiger partial charge in [0.15, 0.2) is 0 Å². The lowest BCUT2D eigenvalue weighted by atomic mass is 10.1. The number of nitrogens with one attached hydrogen (secondary N) is 1. The number of nitrogens with two attached hydrogens (primary N) is 1. The molecule has 0 aromatic heterocycles. The SMILES string of the molecule is NS(=O)(=O)CCNC(=O)/C(Cc1cccc(Br)c1)=N/O. The zero-order chi connectivity index (χ0) is 15.2. The first-order valence-corrected chi connectivity index (χ1v) is 8.06. The van der Waals surface area contributed by atoms with Crippen LogP contribution < -0.4 is 10.5 Å². The molecular weight excluding hydrogens is 350 g/mol. The van der Waals surface area contributed by atoms with Crippen LogP contribution in [-0.4, -0.2) is 37.5 Å². The van der Waals surface area contributed by atoms with Crippen LogP contribution in [-0.2, 0) is 21.2 Å². The van der Waals surface area contributed by atoms with Crippen molar-refractivity contribution >= 4 is 37.6 Å². The topological polar surface area (TPSA) is 122 Å². The summed E-state index contributed by atoms with van der Waals surface area (Å²) in [6, 6.07) is 7.16. The number of oxime groups is 1. The molecule has 1 rings (SSSR count). The molecule has 0 spiro atoms. The summed E-state index contributed by atoms with van der Waals surface area (Å²) in [4.78, 5) is 11.7. The van der Waals surface area contributed by atoms with Gasteiger partial charge in [-0.2, -0.15) is 0 Å². The van der Waals surface area contributed by atoms with Gasteiger partial charge in [-0.1, -0.05) is 33.2 Å². The average molecular weight is 364 g/mol. The van der Waals surface area contributed by atoms with Crippen LogP contribution in [0.25, 0.3) is 0 Å². The van der Waals surface area contributed by atoms with E-state index in [9.17, 15) is 13.2 Å². The number of primary sulfonamides is 1. The number of halogens is 1. The third-order valence-corrected chi connectivity index (χ3v) is 3.58. The molecule has 20 heavy (non-hydrogen) atoms. The Morgan fingerprint density at radius 1 is 1.45 bits per heavy atom. The van der Waals surface area contributed by atoms with E-state index >= 15 is 0 Å². The van der Waals surface area contributed by atoms with Crippen LogP contribution in [0.3, 0.4) is 0 Å². The molecule has 0 radical (unpaired) electrons. The molecule has 0 aliphatic rings. The molecule has 1 aromatic rings. The molecule has 4 N–H and O–H groups in total. The second-order valence-corrected chi connectivity index (χ2v) is 6.63. The molecule has 0 atom stereocenters. The van der Waals surface area contributed by atoms with Gasteiger partial charge < -0.3 is 10.5 Å². The predicted molar refractivity (Wildman–Crippen MR) is 78.1 cm³/mol. The Morgan fingerprint density at radius 3 is 2.70 bits per heavy atom. The fourth-order valence-electron chi connectivity index (χ4n) is 1.41. The van der Waals surface area contributed by atoms with Gasteiger partial charge in [0, 0.05) is 17.4 Å². The number of sulfonamides is 1. The van der Waals surface area contributed by atoms with Crippen molar-refractivity contribution in [2.75, 3.05) is 12.3 Å². The van der Waals surface area contributed by atoms with E-state index in [1.165, 1.54) is 0 Å². The molecule has 0 fully saturated rings.